The molecule has 0 fully saturated rings. The van der Waals surface area contributed by atoms with E-state index in [1.54, 1.807) is 42.5 Å². The molecule has 0 aliphatic heterocycles. The van der Waals surface area contributed by atoms with Crippen molar-refractivity contribution in [1.82, 2.24) is 5.32 Å². The monoisotopic (exact) mass is 408 g/mol. The van der Waals surface area contributed by atoms with Gasteiger partial charge in [-0.2, -0.15) is 0 Å². The van der Waals surface area contributed by atoms with Crippen molar-refractivity contribution in [2.45, 2.75) is 13.0 Å². The first-order chi connectivity index (χ1) is 12.9. The number of oxime groups is 1. The molecule has 27 heavy (non-hydrogen) atoms. The molecule has 0 saturated carbocycles. The Morgan fingerprint density at radius 2 is 1.85 bits per heavy atom. The van der Waals surface area contributed by atoms with Crippen LogP contribution in [0.3, 0.4) is 0 Å². The van der Waals surface area contributed by atoms with E-state index >= 15 is 0 Å². The Bertz CT molecular complexity index is 843. The van der Waals surface area contributed by atoms with Gasteiger partial charge in [-0.3, -0.25) is 9.59 Å². The highest BCUT2D eigenvalue weighted by Gasteiger charge is 2.08. The molecule has 2 aromatic carbocycles. The number of hydrogen-bond acceptors (Lipinski definition) is 4. The first-order valence-electron chi connectivity index (χ1n) is 7.94. The SMILES string of the molecule is N/C(CC(=O)Nc1ccccc1Cl)=N/OCC(=O)NCc1cccc(Cl)c1. The molecule has 4 N–H and O–H groups in total. The third kappa shape index (κ3) is 7.55. The van der Waals surface area contributed by atoms with Gasteiger partial charge in [-0.1, -0.05) is 52.6 Å². The van der Waals surface area contributed by atoms with Gasteiger partial charge in [-0.05, 0) is 29.8 Å². The van der Waals surface area contributed by atoms with Crippen molar-refractivity contribution in [2.24, 2.45) is 10.9 Å². The van der Waals surface area contributed by atoms with Gasteiger partial charge < -0.3 is 21.2 Å². The molecule has 0 bridgehead atoms. The number of hydrogen-bond donors (Lipinski definition) is 3. The first kappa shape index (κ1) is 20.5. The quantitative estimate of drug-likeness (QED) is 0.354. The molecule has 0 aliphatic rings. The summed E-state index contributed by atoms with van der Waals surface area (Å²) in [5, 5.41) is 9.81. The van der Waals surface area contributed by atoms with Crippen molar-refractivity contribution < 1.29 is 14.4 Å². The fraction of sp³-hybridized carbons (Fsp3) is 0.167. The molecule has 2 aromatic rings. The van der Waals surface area contributed by atoms with Gasteiger partial charge in [-0.25, -0.2) is 0 Å². The Hall–Kier alpha value is -2.77. The van der Waals surface area contributed by atoms with E-state index < -0.39 is 5.91 Å². The van der Waals surface area contributed by atoms with Gasteiger partial charge in [-0.15, -0.1) is 0 Å². The summed E-state index contributed by atoms with van der Waals surface area (Å²) in [6, 6.07) is 13.9. The molecule has 0 unspecified atom stereocenters. The molecule has 142 valence electrons. The summed E-state index contributed by atoms with van der Waals surface area (Å²) in [6.07, 6.45) is -0.199. The number of rotatable bonds is 8. The summed E-state index contributed by atoms with van der Waals surface area (Å²) in [5.41, 5.74) is 6.95. The first-order valence-corrected chi connectivity index (χ1v) is 8.69. The molecule has 0 heterocycles. The van der Waals surface area contributed by atoms with Crippen LogP contribution in [0.4, 0.5) is 5.69 Å². The number of amides is 2. The van der Waals surface area contributed by atoms with E-state index in [2.05, 4.69) is 15.8 Å². The molecular formula is C18H18Cl2N4O3. The van der Waals surface area contributed by atoms with E-state index in [0.717, 1.165) is 5.56 Å². The zero-order chi connectivity index (χ0) is 19.6. The molecular weight excluding hydrogens is 391 g/mol. The highest BCUT2D eigenvalue weighted by atomic mass is 35.5. The number of nitrogens with zero attached hydrogens (tertiary/aromatic N) is 1. The lowest BCUT2D eigenvalue weighted by atomic mass is 10.2. The second kappa shape index (κ2) is 10.4. The zero-order valence-electron chi connectivity index (χ0n) is 14.2. The minimum atomic E-state index is -0.404. The lowest BCUT2D eigenvalue weighted by Crippen LogP contribution is -2.27. The molecule has 7 nitrogen and oxygen atoms in total. The molecule has 0 spiro atoms. The number of nitrogens with two attached hydrogens (primary N) is 1. The van der Waals surface area contributed by atoms with Gasteiger partial charge in [0.25, 0.3) is 5.91 Å². The number of anilines is 1. The van der Waals surface area contributed by atoms with Crippen LogP contribution in [-0.4, -0.2) is 24.3 Å². The van der Waals surface area contributed by atoms with Gasteiger partial charge in [0.15, 0.2) is 6.61 Å². The maximum atomic E-state index is 11.9. The second-order valence-electron chi connectivity index (χ2n) is 5.47. The van der Waals surface area contributed by atoms with Crippen molar-refractivity contribution in [1.29, 1.82) is 0 Å². The Labute approximate surface area is 166 Å². The third-order valence-corrected chi connectivity index (χ3v) is 3.81. The van der Waals surface area contributed by atoms with Gasteiger partial charge >= 0.3 is 0 Å². The summed E-state index contributed by atoms with van der Waals surface area (Å²) < 4.78 is 0. The molecule has 9 heteroatoms. The van der Waals surface area contributed by atoms with Crippen molar-refractivity contribution in [2.75, 3.05) is 11.9 Å². The average Bonchev–Trinajstić information content (AvgIpc) is 2.62. The molecule has 0 saturated heterocycles. The number of carbonyl (C=O) groups is 2. The van der Waals surface area contributed by atoms with E-state index in [-0.39, 0.29) is 24.8 Å². The molecule has 0 aromatic heterocycles. The summed E-state index contributed by atoms with van der Waals surface area (Å²) >= 11 is 11.8. The molecule has 0 radical (unpaired) electrons. The highest BCUT2D eigenvalue weighted by molar-refractivity contribution is 6.33. The highest BCUT2D eigenvalue weighted by Crippen LogP contribution is 2.20. The fourth-order valence-corrected chi connectivity index (χ4v) is 2.42. The van der Waals surface area contributed by atoms with Crippen LogP contribution in [0.1, 0.15) is 12.0 Å². The zero-order valence-corrected chi connectivity index (χ0v) is 15.8. The fourth-order valence-electron chi connectivity index (χ4n) is 2.03. The van der Waals surface area contributed by atoms with Crippen molar-refractivity contribution >= 4 is 46.5 Å². The predicted octanol–water partition coefficient (Wildman–Crippen LogP) is 2.93. The number of nitrogens with one attached hydrogen (secondary N) is 2. The summed E-state index contributed by atoms with van der Waals surface area (Å²) in [4.78, 5) is 28.5. The average molecular weight is 409 g/mol. The number of para-hydroxylation sites is 1. The van der Waals surface area contributed by atoms with Crippen LogP contribution >= 0.6 is 23.2 Å². The third-order valence-electron chi connectivity index (χ3n) is 3.25. The number of halogens is 2. The minimum Gasteiger partial charge on any atom is -0.384 e. The van der Waals surface area contributed by atoms with Crippen LogP contribution in [-0.2, 0) is 21.0 Å². The van der Waals surface area contributed by atoms with E-state index in [1.807, 2.05) is 6.07 Å². The summed E-state index contributed by atoms with van der Waals surface area (Å²) in [7, 11) is 0. The van der Waals surface area contributed by atoms with E-state index in [0.29, 0.717) is 22.3 Å². The largest absolute Gasteiger partial charge is 0.384 e. The molecule has 2 amide bonds. The van der Waals surface area contributed by atoms with Gasteiger partial charge in [0, 0.05) is 11.6 Å². The van der Waals surface area contributed by atoms with Crippen LogP contribution < -0.4 is 16.4 Å². The van der Waals surface area contributed by atoms with Crippen LogP contribution in [0.5, 0.6) is 0 Å². The van der Waals surface area contributed by atoms with Crippen molar-refractivity contribution in [3.05, 3.63) is 64.1 Å². The molecule has 0 aliphatic carbocycles. The van der Waals surface area contributed by atoms with Crippen LogP contribution in [0.2, 0.25) is 10.0 Å². The van der Waals surface area contributed by atoms with Crippen LogP contribution in [0.25, 0.3) is 0 Å². The van der Waals surface area contributed by atoms with Crippen LogP contribution in [0, 0.1) is 0 Å². The van der Waals surface area contributed by atoms with Crippen molar-refractivity contribution in [3.63, 3.8) is 0 Å². The Balaban J connectivity index is 1.71. The maximum absolute atomic E-state index is 11.9. The standard InChI is InChI=1S/C18H18Cl2N4O3/c19-13-5-3-4-12(8-13)10-22-18(26)11-27-24-16(21)9-17(25)23-15-7-2-1-6-14(15)20/h1-8H,9-11H2,(H2,21,24)(H,22,26)(H,23,25). The number of amidine groups is 1. The van der Waals surface area contributed by atoms with E-state index in [1.165, 1.54) is 0 Å². The van der Waals surface area contributed by atoms with Crippen LogP contribution in [0.15, 0.2) is 53.7 Å². The molecule has 2 rings (SSSR count). The topological polar surface area (TPSA) is 106 Å². The molecule has 0 atom stereocenters. The summed E-state index contributed by atoms with van der Waals surface area (Å²) in [6.45, 7) is -0.0183. The normalized spacial score (nSPS) is 11.0. The number of carbonyl (C=O) groups excluding carboxylic acids is 2. The number of benzene rings is 2. The lowest BCUT2D eigenvalue weighted by molar-refractivity contribution is -0.125. The minimum absolute atomic E-state index is 0.0674. The Kier molecular flexibility index (Phi) is 7.91. The van der Waals surface area contributed by atoms with Crippen molar-refractivity contribution in [3.8, 4) is 0 Å². The second-order valence-corrected chi connectivity index (χ2v) is 6.31. The van der Waals surface area contributed by atoms with Gasteiger partial charge in [0.1, 0.15) is 5.84 Å². The van der Waals surface area contributed by atoms with Gasteiger partial charge in [0.2, 0.25) is 5.91 Å². The Morgan fingerprint density at radius 1 is 1.07 bits per heavy atom. The maximum Gasteiger partial charge on any atom is 0.261 e. The lowest BCUT2D eigenvalue weighted by Gasteiger charge is -2.07. The predicted molar refractivity (Wildman–Crippen MR) is 106 cm³/mol. The smallest absolute Gasteiger partial charge is 0.261 e. The summed E-state index contributed by atoms with van der Waals surface area (Å²) in [5.74, 6) is -0.854. The van der Waals surface area contributed by atoms with Gasteiger partial charge in [0.05, 0.1) is 17.1 Å². The van der Waals surface area contributed by atoms with E-state index in [9.17, 15) is 9.59 Å². The Morgan fingerprint density at radius 3 is 2.59 bits per heavy atom. The van der Waals surface area contributed by atoms with E-state index in [4.69, 9.17) is 33.8 Å².